The summed E-state index contributed by atoms with van der Waals surface area (Å²) in [6, 6.07) is 7.31. The highest BCUT2D eigenvalue weighted by molar-refractivity contribution is 5.94. The van der Waals surface area contributed by atoms with Crippen LogP contribution in [0, 0.1) is 5.92 Å². The third-order valence-electron chi connectivity index (χ3n) is 3.24. The Morgan fingerprint density at radius 1 is 1.32 bits per heavy atom. The van der Waals surface area contributed by atoms with Gasteiger partial charge in [0, 0.05) is 25.3 Å². The summed E-state index contributed by atoms with van der Waals surface area (Å²) < 4.78 is 0. The van der Waals surface area contributed by atoms with Gasteiger partial charge >= 0.3 is 0 Å². The lowest BCUT2D eigenvalue weighted by molar-refractivity contribution is 0.0943. The van der Waals surface area contributed by atoms with E-state index in [9.17, 15) is 4.79 Å². The van der Waals surface area contributed by atoms with E-state index in [0.717, 1.165) is 24.8 Å². The van der Waals surface area contributed by atoms with Gasteiger partial charge in [-0.3, -0.25) is 4.79 Å². The average molecular weight is 264 g/mol. The number of hydrogen-bond acceptors (Lipinski definition) is 3. The van der Waals surface area contributed by atoms with E-state index < -0.39 is 0 Å². The molecule has 1 unspecified atom stereocenters. The van der Waals surface area contributed by atoms with Crippen molar-refractivity contribution in [3.05, 3.63) is 35.4 Å². The molecule has 0 aliphatic heterocycles. The summed E-state index contributed by atoms with van der Waals surface area (Å²) in [5.74, 6) is 0.282. The molecule has 4 nitrogen and oxygen atoms in total. The quantitative estimate of drug-likeness (QED) is 0.668. The van der Waals surface area contributed by atoms with E-state index >= 15 is 0 Å². The van der Waals surface area contributed by atoms with Crippen molar-refractivity contribution in [1.29, 1.82) is 0 Å². The molecule has 0 aliphatic rings. The molecular weight excluding hydrogens is 240 g/mol. The maximum Gasteiger partial charge on any atom is 0.251 e. The highest BCUT2D eigenvalue weighted by Gasteiger charge is 2.10. The van der Waals surface area contributed by atoms with Gasteiger partial charge in [0.05, 0.1) is 0 Å². The van der Waals surface area contributed by atoms with Gasteiger partial charge in [0.15, 0.2) is 0 Å². The lowest BCUT2D eigenvalue weighted by Crippen LogP contribution is -2.29. The van der Waals surface area contributed by atoms with Gasteiger partial charge in [0.1, 0.15) is 0 Å². The predicted molar refractivity (Wildman–Crippen MR) is 76.8 cm³/mol. The van der Waals surface area contributed by atoms with E-state index in [4.69, 9.17) is 10.8 Å². The monoisotopic (exact) mass is 264 g/mol. The zero-order chi connectivity index (χ0) is 14.1. The Labute approximate surface area is 115 Å². The van der Waals surface area contributed by atoms with Crippen LogP contribution >= 0.6 is 0 Å². The largest absolute Gasteiger partial charge is 0.396 e. The van der Waals surface area contributed by atoms with Crippen molar-refractivity contribution in [2.45, 2.75) is 32.7 Å². The standard InChI is InChI=1S/C15H24N2O2/c1-2-3-13(8-9-18)11-17-15(19)14-6-4-12(10-16)5-7-14/h4-7,13,18H,2-3,8-11,16H2,1H3,(H,17,19). The molecule has 1 amide bonds. The Kier molecular flexibility index (Phi) is 7.15. The first-order valence-corrected chi connectivity index (χ1v) is 6.89. The second-order valence-corrected chi connectivity index (χ2v) is 4.78. The molecule has 4 N–H and O–H groups in total. The minimum atomic E-state index is -0.0670. The summed E-state index contributed by atoms with van der Waals surface area (Å²) in [5.41, 5.74) is 7.18. The Morgan fingerprint density at radius 2 is 2.00 bits per heavy atom. The number of carbonyl (C=O) groups is 1. The molecule has 0 spiro atoms. The molecule has 0 saturated heterocycles. The summed E-state index contributed by atoms with van der Waals surface area (Å²) in [6.07, 6.45) is 2.82. The maximum atomic E-state index is 12.0. The van der Waals surface area contributed by atoms with Gasteiger partial charge in [-0.2, -0.15) is 0 Å². The van der Waals surface area contributed by atoms with Crippen LogP contribution in [0.4, 0.5) is 0 Å². The van der Waals surface area contributed by atoms with Crippen LogP contribution in [0.15, 0.2) is 24.3 Å². The van der Waals surface area contributed by atoms with E-state index in [1.165, 1.54) is 0 Å². The molecule has 0 saturated carbocycles. The van der Waals surface area contributed by atoms with E-state index in [-0.39, 0.29) is 12.5 Å². The molecule has 0 fully saturated rings. The molecule has 1 rings (SSSR count). The molecule has 4 heteroatoms. The van der Waals surface area contributed by atoms with Crippen molar-refractivity contribution >= 4 is 5.91 Å². The third kappa shape index (κ3) is 5.41. The van der Waals surface area contributed by atoms with Crippen LogP contribution < -0.4 is 11.1 Å². The fraction of sp³-hybridized carbons (Fsp3) is 0.533. The summed E-state index contributed by atoms with van der Waals surface area (Å²) >= 11 is 0. The molecule has 0 aliphatic carbocycles. The SMILES string of the molecule is CCCC(CCO)CNC(=O)c1ccc(CN)cc1. The smallest absolute Gasteiger partial charge is 0.251 e. The molecular formula is C15H24N2O2. The average Bonchev–Trinajstić information content (AvgIpc) is 2.45. The number of carbonyl (C=O) groups excluding carboxylic acids is 1. The first kappa shape index (κ1) is 15.7. The van der Waals surface area contributed by atoms with Gasteiger partial charge in [-0.05, 0) is 36.5 Å². The fourth-order valence-corrected chi connectivity index (χ4v) is 2.07. The second-order valence-electron chi connectivity index (χ2n) is 4.78. The lowest BCUT2D eigenvalue weighted by Gasteiger charge is -2.15. The van der Waals surface area contributed by atoms with E-state index in [1.807, 2.05) is 12.1 Å². The molecule has 0 heterocycles. The maximum absolute atomic E-state index is 12.0. The summed E-state index contributed by atoms with van der Waals surface area (Å²) in [7, 11) is 0. The molecule has 1 aromatic rings. The van der Waals surface area contributed by atoms with Crippen LogP contribution in [-0.4, -0.2) is 24.2 Å². The van der Waals surface area contributed by atoms with Gasteiger partial charge in [-0.25, -0.2) is 0 Å². The second kappa shape index (κ2) is 8.67. The number of nitrogens with one attached hydrogen (secondary N) is 1. The number of aliphatic hydroxyl groups is 1. The van der Waals surface area contributed by atoms with Gasteiger partial charge in [-0.1, -0.05) is 25.5 Å². The summed E-state index contributed by atoms with van der Waals surface area (Å²) in [4.78, 5) is 12.0. The molecule has 0 aromatic heterocycles. The third-order valence-corrected chi connectivity index (χ3v) is 3.24. The van der Waals surface area contributed by atoms with Crippen LogP contribution in [0.3, 0.4) is 0 Å². The van der Waals surface area contributed by atoms with Crippen molar-refractivity contribution in [1.82, 2.24) is 5.32 Å². The van der Waals surface area contributed by atoms with Crippen LogP contribution in [0.25, 0.3) is 0 Å². The molecule has 19 heavy (non-hydrogen) atoms. The van der Waals surface area contributed by atoms with Gasteiger partial charge in [-0.15, -0.1) is 0 Å². The minimum absolute atomic E-state index is 0.0670. The minimum Gasteiger partial charge on any atom is -0.396 e. The normalized spacial score (nSPS) is 12.2. The number of rotatable bonds is 8. The van der Waals surface area contributed by atoms with Crippen molar-refractivity contribution in [2.75, 3.05) is 13.2 Å². The Hall–Kier alpha value is -1.39. The number of hydrogen-bond donors (Lipinski definition) is 3. The summed E-state index contributed by atoms with van der Waals surface area (Å²) in [5, 5.41) is 11.9. The van der Waals surface area contributed by atoms with Crippen LogP contribution in [0.5, 0.6) is 0 Å². The molecule has 0 bridgehead atoms. The van der Waals surface area contributed by atoms with Crippen molar-refractivity contribution in [3.8, 4) is 0 Å². The van der Waals surface area contributed by atoms with E-state index in [2.05, 4.69) is 12.2 Å². The predicted octanol–water partition coefficient (Wildman–Crippen LogP) is 1.67. The van der Waals surface area contributed by atoms with E-state index in [1.54, 1.807) is 12.1 Å². The highest BCUT2D eigenvalue weighted by Crippen LogP contribution is 2.10. The van der Waals surface area contributed by atoms with Crippen LogP contribution in [0.1, 0.15) is 42.1 Å². The number of aliphatic hydroxyl groups excluding tert-OH is 1. The molecule has 106 valence electrons. The molecule has 0 radical (unpaired) electrons. The first-order valence-electron chi connectivity index (χ1n) is 6.89. The lowest BCUT2D eigenvalue weighted by atomic mass is 10.00. The van der Waals surface area contributed by atoms with Crippen molar-refractivity contribution < 1.29 is 9.90 Å². The number of nitrogens with two attached hydrogens (primary N) is 1. The van der Waals surface area contributed by atoms with E-state index in [0.29, 0.717) is 24.6 Å². The zero-order valence-electron chi connectivity index (χ0n) is 11.6. The van der Waals surface area contributed by atoms with Gasteiger partial charge < -0.3 is 16.2 Å². The first-order chi connectivity index (χ1) is 9.21. The van der Waals surface area contributed by atoms with Crippen LogP contribution in [0.2, 0.25) is 0 Å². The van der Waals surface area contributed by atoms with Crippen molar-refractivity contribution in [3.63, 3.8) is 0 Å². The molecule has 1 aromatic carbocycles. The van der Waals surface area contributed by atoms with Crippen molar-refractivity contribution in [2.24, 2.45) is 11.7 Å². The highest BCUT2D eigenvalue weighted by atomic mass is 16.3. The Balaban J connectivity index is 2.48. The Morgan fingerprint density at radius 3 is 2.53 bits per heavy atom. The number of amides is 1. The van der Waals surface area contributed by atoms with Gasteiger partial charge in [0.2, 0.25) is 0 Å². The number of benzene rings is 1. The van der Waals surface area contributed by atoms with Gasteiger partial charge in [0.25, 0.3) is 5.91 Å². The van der Waals surface area contributed by atoms with Crippen LogP contribution in [-0.2, 0) is 6.54 Å². The summed E-state index contributed by atoms with van der Waals surface area (Å²) in [6.45, 7) is 3.38. The Bertz CT molecular complexity index is 370. The fourth-order valence-electron chi connectivity index (χ4n) is 2.07. The zero-order valence-corrected chi connectivity index (χ0v) is 11.6. The topological polar surface area (TPSA) is 75.3 Å². The molecule has 1 atom stereocenters.